The summed E-state index contributed by atoms with van der Waals surface area (Å²) in [5.41, 5.74) is 8.44. The second-order valence-corrected chi connectivity index (χ2v) is 7.65. The number of nitrogens with one attached hydrogen (secondary N) is 1. The molecule has 3 N–H and O–H groups in total. The molecule has 26 heavy (non-hydrogen) atoms. The maximum absolute atomic E-state index is 12.9. The topological polar surface area (TPSA) is 75.4 Å². The van der Waals surface area contributed by atoms with Crippen LogP contribution < -0.4 is 11.1 Å². The number of carbonyl (C=O) groups excluding carboxylic acids is 2. The molecule has 0 aliphatic carbocycles. The quantitative estimate of drug-likeness (QED) is 0.820. The highest BCUT2D eigenvalue weighted by molar-refractivity contribution is 5.95. The first kappa shape index (κ1) is 20.4. The summed E-state index contributed by atoms with van der Waals surface area (Å²) >= 11 is 0. The lowest BCUT2D eigenvalue weighted by atomic mass is 9.90. The van der Waals surface area contributed by atoms with Crippen molar-refractivity contribution in [1.82, 2.24) is 10.2 Å². The van der Waals surface area contributed by atoms with Gasteiger partial charge >= 0.3 is 0 Å². The predicted molar refractivity (Wildman–Crippen MR) is 105 cm³/mol. The van der Waals surface area contributed by atoms with Crippen molar-refractivity contribution in [2.24, 2.45) is 11.7 Å². The van der Waals surface area contributed by atoms with Crippen molar-refractivity contribution in [3.63, 3.8) is 0 Å². The number of aryl methyl sites for hydroxylation is 2. The Balaban J connectivity index is 2.08. The molecular formula is C21H33N3O2. The van der Waals surface area contributed by atoms with Crippen LogP contribution in [0.1, 0.15) is 61.0 Å². The maximum atomic E-state index is 12.9. The van der Waals surface area contributed by atoms with Gasteiger partial charge in [0.1, 0.15) is 0 Å². The molecule has 5 nitrogen and oxygen atoms in total. The van der Waals surface area contributed by atoms with Crippen LogP contribution in [-0.2, 0) is 4.79 Å². The summed E-state index contributed by atoms with van der Waals surface area (Å²) in [4.78, 5) is 27.5. The summed E-state index contributed by atoms with van der Waals surface area (Å²) < 4.78 is 0. The minimum Gasteiger partial charge on any atom is -0.349 e. The Hall–Kier alpha value is -1.88. The van der Waals surface area contributed by atoms with E-state index in [2.05, 4.69) is 11.4 Å². The van der Waals surface area contributed by atoms with Gasteiger partial charge in [-0.3, -0.25) is 9.59 Å². The average Bonchev–Trinajstić information content (AvgIpc) is 2.65. The smallest absolute Gasteiger partial charge is 0.253 e. The Morgan fingerprint density at radius 1 is 1.19 bits per heavy atom. The second-order valence-electron chi connectivity index (χ2n) is 7.65. The number of amides is 2. The average molecular weight is 360 g/mol. The molecule has 2 amide bonds. The van der Waals surface area contributed by atoms with E-state index in [1.165, 1.54) is 0 Å². The molecule has 1 heterocycles. The number of nitrogens with two attached hydrogens (primary N) is 1. The summed E-state index contributed by atoms with van der Waals surface area (Å²) in [6.07, 6.45) is 3.28. The number of likely N-dealkylation sites (tertiary alicyclic amines) is 1. The molecule has 1 atom stereocenters. The Kier molecular flexibility index (Phi) is 6.81. The van der Waals surface area contributed by atoms with Crippen molar-refractivity contribution in [2.45, 2.75) is 58.9 Å². The van der Waals surface area contributed by atoms with Crippen molar-refractivity contribution in [3.05, 3.63) is 34.9 Å². The molecule has 0 saturated carbocycles. The van der Waals surface area contributed by atoms with Crippen LogP contribution in [0.5, 0.6) is 0 Å². The lowest BCUT2D eigenvalue weighted by Crippen LogP contribution is -2.56. The lowest BCUT2D eigenvalue weighted by Gasteiger charge is -2.36. The Morgan fingerprint density at radius 2 is 1.81 bits per heavy atom. The van der Waals surface area contributed by atoms with Crippen LogP contribution in [0.15, 0.2) is 18.2 Å². The number of hydrogen-bond acceptors (Lipinski definition) is 3. The van der Waals surface area contributed by atoms with E-state index < -0.39 is 0 Å². The Bertz CT molecular complexity index is 624. The van der Waals surface area contributed by atoms with Gasteiger partial charge in [0.2, 0.25) is 5.91 Å². The second kappa shape index (κ2) is 8.67. The van der Waals surface area contributed by atoms with E-state index in [0.717, 1.165) is 36.8 Å². The first-order valence-electron chi connectivity index (χ1n) is 9.73. The Morgan fingerprint density at radius 3 is 2.35 bits per heavy atom. The fraction of sp³-hybridized carbons (Fsp3) is 0.619. The standard InChI is InChI=1S/C21H33N3O2/c1-5-21(6-2,14-22)23-19(25)17-8-7-9-24(13-17)20(26)18-11-15(3)10-16(4)12-18/h10-12,17H,5-9,13-14,22H2,1-4H3,(H,23,25). The number of benzene rings is 1. The van der Waals surface area contributed by atoms with Gasteiger partial charge in [0, 0.05) is 25.2 Å². The third kappa shape index (κ3) is 4.64. The molecule has 0 aromatic heterocycles. The molecule has 2 rings (SSSR count). The van der Waals surface area contributed by atoms with Crippen molar-refractivity contribution in [1.29, 1.82) is 0 Å². The number of nitrogens with zero attached hydrogens (tertiary/aromatic N) is 1. The van der Waals surface area contributed by atoms with Crippen molar-refractivity contribution in [2.75, 3.05) is 19.6 Å². The molecule has 0 bridgehead atoms. The van der Waals surface area contributed by atoms with Crippen LogP contribution >= 0.6 is 0 Å². The highest BCUT2D eigenvalue weighted by atomic mass is 16.2. The van der Waals surface area contributed by atoms with Crippen LogP contribution in [0.2, 0.25) is 0 Å². The van der Waals surface area contributed by atoms with E-state index in [1.807, 2.05) is 44.7 Å². The fourth-order valence-corrected chi connectivity index (χ4v) is 3.79. The number of rotatable bonds is 6. The van der Waals surface area contributed by atoms with Gasteiger partial charge in [-0.15, -0.1) is 0 Å². The van der Waals surface area contributed by atoms with Crippen LogP contribution in [0.3, 0.4) is 0 Å². The van der Waals surface area contributed by atoms with Crippen molar-refractivity contribution >= 4 is 11.8 Å². The van der Waals surface area contributed by atoms with Crippen LogP contribution in [0, 0.1) is 19.8 Å². The first-order valence-corrected chi connectivity index (χ1v) is 9.73. The highest BCUT2D eigenvalue weighted by Gasteiger charge is 2.33. The number of piperidine rings is 1. The van der Waals surface area contributed by atoms with E-state index in [9.17, 15) is 9.59 Å². The van der Waals surface area contributed by atoms with Gasteiger partial charge in [-0.2, -0.15) is 0 Å². The van der Waals surface area contributed by atoms with Gasteiger partial charge in [0.15, 0.2) is 0 Å². The molecule has 1 unspecified atom stereocenters. The molecule has 0 radical (unpaired) electrons. The van der Waals surface area contributed by atoms with Gasteiger partial charge in [-0.1, -0.05) is 31.0 Å². The summed E-state index contributed by atoms with van der Waals surface area (Å²) in [5, 5.41) is 3.16. The minimum absolute atomic E-state index is 0.0189. The van der Waals surface area contributed by atoms with Crippen LogP contribution in [0.25, 0.3) is 0 Å². The molecule has 144 valence electrons. The molecule has 1 saturated heterocycles. The molecule has 0 spiro atoms. The van der Waals surface area contributed by atoms with Gasteiger partial charge in [-0.25, -0.2) is 0 Å². The molecule has 1 fully saturated rings. The normalized spacial score (nSPS) is 17.9. The predicted octanol–water partition coefficient (Wildman–Crippen LogP) is 2.79. The van der Waals surface area contributed by atoms with Crippen molar-refractivity contribution in [3.8, 4) is 0 Å². The molecule has 1 aromatic carbocycles. The number of hydrogen-bond donors (Lipinski definition) is 2. The third-order valence-corrected chi connectivity index (χ3v) is 5.68. The first-order chi connectivity index (χ1) is 12.3. The summed E-state index contributed by atoms with van der Waals surface area (Å²) in [7, 11) is 0. The van der Waals surface area contributed by atoms with E-state index >= 15 is 0 Å². The SMILES string of the molecule is CCC(CC)(CN)NC(=O)C1CCCN(C(=O)c2cc(C)cc(C)c2)C1. The van der Waals surface area contributed by atoms with Gasteiger partial charge < -0.3 is 16.0 Å². The minimum atomic E-state index is -0.336. The highest BCUT2D eigenvalue weighted by Crippen LogP contribution is 2.22. The zero-order chi connectivity index (χ0) is 19.3. The monoisotopic (exact) mass is 359 g/mol. The van der Waals surface area contributed by atoms with E-state index in [-0.39, 0.29) is 23.3 Å². The lowest BCUT2D eigenvalue weighted by molar-refractivity contribution is -0.128. The van der Waals surface area contributed by atoms with Gasteiger partial charge in [-0.05, 0) is 51.7 Å². The van der Waals surface area contributed by atoms with Crippen LogP contribution in [-0.4, -0.2) is 41.9 Å². The Labute approximate surface area is 157 Å². The zero-order valence-electron chi connectivity index (χ0n) is 16.6. The molecule has 5 heteroatoms. The van der Waals surface area contributed by atoms with Crippen LogP contribution in [0.4, 0.5) is 0 Å². The van der Waals surface area contributed by atoms with E-state index in [4.69, 9.17) is 5.73 Å². The van der Waals surface area contributed by atoms with E-state index in [0.29, 0.717) is 25.2 Å². The summed E-state index contributed by atoms with van der Waals surface area (Å²) in [6.45, 7) is 9.71. The zero-order valence-corrected chi connectivity index (χ0v) is 16.6. The molecule has 1 aliphatic heterocycles. The molecule has 1 aliphatic rings. The largest absolute Gasteiger partial charge is 0.349 e. The maximum Gasteiger partial charge on any atom is 0.253 e. The van der Waals surface area contributed by atoms with E-state index in [1.54, 1.807) is 0 Å². The fourth-order valence-electron chi connectivity index (χ4n) is 3.79. The molecular weight excluding hydrogens is 326 g/mol. The third-order valence-electron chi connectivity index (χ3n) is 5.68. The molecule has 1 aromatic rings. The van der Waals surface area contributed by atoms with Gasteiger partial charge in [0.25, 0.3) is 5.91 Å². The van der Waals surface area contributed by atoms with Gasteiger partial charge in [0.05, 0.1) is 11.5 Å². The number of carbonyl (C=O) groups is 2. The van der Waals surface area contributed by atoms with Crippen molar-refractivity contribution < 1.29 is 9.59 Å². The summed E-state index contributed by atoms with van der Waals surface area (Å²) in [6, 6.07) is 5.91. The summed E-state index contributed by atoms with van der Waals surface area (Å²) in [5.74, 6) is -0.120.